The van der Waals surface area contributed by atoms with Crippen LogP contribution in [-0.4, -0.2) is 39.4 Å². The Morgan fingerprint density at radius 3 is 2.80 bits per heavy atom. The van der Waals surface area contributed by atoms with Gasteiger partial charge in [0.15, 0.2) is 0 Å². The first-order chi connectivity index (χ1) is 9.78. The Hall–Kier alpha value is -0.680. The average molecular weight is 295 g/mol. The van der Waals surface area contributed by atoms with Crippen LogP contribution in [0.25, 0.3) is 0 Å². The molecule has 0 amide bonds. The molecule has 3 aliphatic rings. The number of piperidine rings is 3. The van der Waals surface area contributed by atoms with Crippen molar-refractivity contribution in [3.63, 3.8) is 0 Å². The number of ether oxygens (including phenoxy) is 1. The highest BCUT2D eigenvalue weighted by atomic mass is 32.1. The zero-order valence-corrected chi connectivity index (χ0v) is 13.4. The van der Waals surface area contributed by atoms with Gasteiger partial charge in [0.05, 0.1) is 17.8 Å². The molecule has 2 unspecified atom stereocenters. The maximum Gasteiger partial charge on any atom is 0.249 e. The van der Waals surface area contributed by atoms with Crippen molar-refractivity contribution in [1.29, 1.82) is 0 Å². The van der Waals surface area contributed by atoms with Gasteiger partial charge in [-0.25, -0.2) is 0 Å². The maximum atomic E-state index is 6.07. The van der Waals surface area contributed by atoms with Gasteiger partial charge in [-0.2, -0.15) is 4.37 Å². The Morgan fingerprint density at radius 1 is 1.35 bits per heavy atom. The molecule has 0 N–H and O–H groups in total. The highest BCUT2D eigenvalue weighted by Crippen LogP contribution is 2.41. The molecular weight excluding hydrogens is 270 g/mol. The fourth-order valence-electron chi connectivity index (χ4n) is 3.51. The van der Waals surface area contributed by atoms with Crippen molar-refractivity contribution in [2.75, 3.05) is 19.6 Å². The third-order valence-corrected chi connectivity index (χ3v) is 5.29. The zero-order chi connectivity index (χ0) is 13.9. The SMILES string of the molecule is CCCCC(C)Oc1nsnc1C1CN2CCC1CC2. The number of rotatable bonds is 6. The zero-order valence-electron chi connectivity index (χ0n) is 12.5. The molecule has 0 aromatic carbocycles. The van der Waals surface area contributed by atoms with Crippen LogP contribution in [0.1, 0.15) is 57.6 Å². The Labute approximate surface area is 125 Å². The van der Waals surface area contributed by atoms with Gasteiger partial charge in [-0.1, -0.05) is 19.8 Å². The third kappa shape index (κ3) is 2.98. The predicted octanol–water partition coefficient (Wildman–Crippen LogP) is 3.30. The molecule has 0 saturated carbocycles. The molecular formula is C15H25N3OS. The van der Waals surface area contributed by atoms with Crippen LogP contribution in [0.4, 0.5) is 0 Å². The summed E-state index contributed by atoms with van der Waals surface area (Å²) in [5, 5.41) is 0. The minimum absolute atomic E-state index is 0.249. The number of aromatic nitrogens is 2. The van der Waals surface area contributed by atoms with Gasteiger partial charge in [-0.05, 0) is 45.2 Å². The van der Waals surface area contributed by atoms with E-state index < -0.39 is 0 Å². The largest absolute Gasteiger partial charge is 0.473 e. The molecule has 5 heteroatoms. The van der Waals surface area contributed by atoms with Gasteiger partial charge < -0.3 is 9.64 Å². The number of hydrogen-bond acceptors (Lipinski definition) is 5. The summed E-state index contributed by atoms with van der Waals surface area (Å²) >= 11 is 1.31. The molecule has 4 heterocycles. The van der Waals surface area contributed by atoms with E-state index in [1.54, 1.807) is 0 Å². The Morgan fingerprint density at radius 2 is 2.15 bits per heavy atom. The van der Waals surface area contributed by atoms with Crippen LogP contribution >= 0.6 is 11.7 Å². The Bertz CT molecular complexity index is 429. The normalized spacial score (nSPS) is 30.4. The molecule has 1 aromatic rings. The van der Waals surface area contributed by atoms with Crippen molar-refractivity contribution in [3.8, 4) is 5.88 Å². The standard InChI is InChI=1S/C15H25N3OS/c1-3-4-5-11(2)19-15-14(16-20-17-15)13-10-18-8-6-12(13)7-9-18/h11-13H,3-10H2,1-2H3. The second kappa shape index (κ2) is 6.39. The summed E-state index contributed by atoms with van der Waals surface area (Å²) in [6.07, 6.45) is 6.41. The highest BCUT2D eigenvalue weighted by Gasteiger charge is 2.38. The van der Waals surface area contributed by atoms with Crippen molar-refractivity contribution < 1.29 is 4.74 Å². The summed E-state index contributed by atoms with van der Waals surface area (Å²) in [6.45, 7) is 8.05. The second-order valence-electron chi connectivity index (χ2n) is 6.27. The molecule has 0 radical (unpaired) electrons. The summed E-state index contributed by atoms with van der Waals surface area (Å²) in [5.74, 6) is 2.15. The van der Waals surface area contributed by atoms with E-state index in [1.165, 1.54) is 50.5 Å². The molecule has 1 aromatic heterocycles. The molecule has 3 aliphatic heterocycles. The van der Waals surface area contributed by atoms with Crippen LogP contribution in [0.3, 0.4) is 0 Å². The van der Waals surface area contributed by atoms with Crippen LogP contribution in [-0.2, 0) is 0 Å². The fraction of sp³-hybridized carbons (Fsp3) is 0.867. The molecule has 2 atom stereocenters. The van der Waals surface area contributed by atoms with Crippen molar-refractivity contribution in [1.82, 2.24) is 13.6 Å². The molecule has 3 saturated heterocycles. The van der Waals surface area contributed by atoms with Gasteiger partial charge in [0.25, 0.3) is 0 Å². The third-order valence-electron chi connectivity index (χ3n) is 4.77. The van der Waals surface area contributed by atoms with E-state index in [4.69, 9.17) is 4.74 Å². The minimum Gasteiger partial charge on any atom is -0.473 e. The van der Waals surface area contributed by atoms with E-state index >= 15 is 0 Å². The van der Waals surface area contributed by atoms with Crippen LogP contribution in [0, 0.1) is 5.92 Å². The summed E-state index contributed by atoms with van der Waals surface area (Å²) in [5.41, 5.74) is 1.13. The van der Waals surface area contributed by atoms with E-state index in [0.29, 0.717) is 5.92 Å². The van der Waals surface area contributed by atoms with E-state index in [2.05, 4.69) is 27.5 Å². The van der Waals surface area contributed by atoms with Crippen molar-refractivity contribution in [2.24, 2.45) is 5.92 Å². The van der Waals surface area contributed by atoms with Crippen LogP contribution in [0.15, 0.2) is 0 Å². The van der Waals surface area contributed by atoms with E-state index in [1.807, 2.05) is 0 Å². The van der Waals surface area contributed by atoms with Gasteiger partial charge in [-0.3, -0.25) is 0 Å². The smallest absolute Gasteiger partial charge is 0.249 e. The van der Waals surface area contributed by atoms with Crippen molar-refractivity contribution in [3.05, 3.63) is 5.69 Å². The van der Waals surface area contributed by atoms with Crippen LogP contribution in [0.2, 0.25) is 0 Å². The lowest BCUT2D eigenvalue weighted by Crippen LogP contribution is -2.46. The van der Waals surface area contributed by atoms with Gasteiger partial charge in [0.2, 0.25) is 5.88 Å². The van der Waals surface area contributed by atoms with E-state index in [9.17, 15) is 0 Å². The van der Waals surface area contributed by atoms with Crippen molar-refractivity contribution in [2.45, 2.75) is 58.0 Å². The number of unbranched alkanes of at least 4 members (excludes halogenated alkanes) is 1. The Kier molecular flexibility index (Phi) is 4.56. The van der Waals surface area contributed by atoms with Gasteiger partial charge in [0, 0.05) is 12.5 Å². The minimum atomic E-state index is 0.249. The maximum absolute atomic E-state index is 6.07. The molecule has 4 rings (SSSR count). The summed E-state index contributed by atoms with van der Waals surface area (Å²) in [6, 6.07) is 0. The highest BCUT2D eigenvalue weighted by molar-refractivity contribution is 6.99. The lowest BCUT2D eigenvalue weighted by atomic mass is 9.77. The predicted molar refractivity (Wildman–Crippen MR) is 81.4 cm³/mol. The number of fused-ring (bicyclic) bond motifs is 3. The van der Waals surface area contributed by atoms with Crippen LogP contribution in [0.5, 0.6) is 5.88 Å². The molecule has 112 valence electrons. The molecule has 2 bridgehead atoms. The molecule has 20 heavy (non-hydrogen) atoms. The topological polar surface area (TPSA) is 38.3 Å². The number of hydrogen-bond donors (Lipinski definition) is 0. The summed E-state index contributed by atoms with van der Waals surface area (Å²) < 4.78 is 15.1. The summed E-state index contributed by atoms with van der Waals surface area (Å²) in [7, 11) is 0. The average Bonchev–Trinajstić information content (AvgIpc) is 2.94. The van der Waals surface area contributed by atoms with Gasteiger partial charge in [0.1, 0.15) is 5.69 Å². The van der Waals surface area contributed by atoms with E-state index in [0.717, 1.165) is 30.5 Å². The monoisotopic (exact) mass is 295 g/mol. The van der Waals surface area contributed by atoms with Gasteiger partial charge in [-0.15, -0.1) is 4.37 Å². The van der Waals surface area contributed by atoms with Gasteiger partial charge >= 0.3 is 0 Å². The van der Waals surface area contributed by atoms with E-state index in [-0.39, 0.29) is 6.10 Å². The lowest BCUT2D eigenvalue weighted by Gasteiger charge is -2.44. The Balaban J connectivity index is 1.67. The second-order valence-corrected chi connectivity index (χ2v) is 6.80. The quantitative estimate of drug-likeness (QED) is 0.807. The molecule has 3 fully saturated rings. The first-order valence-corrected chi connectivity index (χ1v) is 8.72. The molecule has 0 spiro atoms. The van der Waals surface area contributed by atoms with Crippen molar-refractivity contribution >= 4 is 11.7 Å². The first-order valence-electron chi connectivity index (χ1n) is 7.99. The molecule has 4 nitrogen and oxygen atoms in total. The fourth-order valence-corrected chi connectivity index (χ4v) is 4.06. The first kappa shape index (κ1) is 14.3. The summed E-state index contributed by atoms with van der Waals surface area (Å²) in [4.78, 5) is 2.56. The molecule has 0 aliphatic carbocycles. The van der Waals surface area contributed by atoms with Crippen LogP contribution < -0.4 is 4.74 Å². The number of nitrogens with zero attached hydrogens (tertiary/aromatic N) is 3. The lowest BCUT2D eigenvalue weighted by molar-refractivity contribution is 0.0828.